The molecule has 0 radical (unpaired) electrons. The van der Waals surface area contributed by atoms with Gasteiger partial charge in [-0.05, 0) is 0 Å². The summed E-state index contributed by atoms with van der Waals surface area (Å²) >= 11 is 0. The van der Waals surface area contributed by atoms with Crippen molar-refractivity contribution in [1.29, 1.82) is 0 Å². The van der Waals surface area contributed by atoms with Gasteiger partial charge in [-0.25, -0.2) is 25.3 Å². The summed E-state index contributed by atoms with van der Waals surface area (Å²) in [6.07, 6.45) is 0.916. The van der Waals surface area contributed by atoms with Gasteiger partial charge in [0.25, 0.3) is 40.5 Å². The second kappa shape index (κ2) is 8.41. The van der Waals surface area contributed by atoms with E-state index in [1.807, 2.05) is 0 Å². The first-order valence-corrected chi connectivity index (χ1v) is 11.4. The molecule has 0 aromatic carbocycles. The van der Waals surface area contributed by atoms with Gasteiger partial charge in [-0.2, -0.15) is 8.42 Å². The Hall–Kier alpha value is 0.302. The van der Waals surface area contributed by atoms with E-state index < -0.39 is 59.3 Å². The SMILES string of the molecule is CS(=O)(=O)OB(OS(C)(=O)=O)OS(=O)(=O)CCS(=O)(=O)O.[LiH]. The minimum absolute atomic E-state index is 0. The molecule has 0 heterocycles. The molecule has 0 aliphatic heterocycles. The van der Waals surface area contributed by atoms with Crippen molar-refractivity contribution in [3.8, 4) is 0 Å². The molecular weight excluding hydrogens is 386 g/mol. The molecule has 0 bridgehead atoms. The summed E-state index contributed by atoms with van der Waals surface area (Å²) in [6.45, 7) is 0. The Balaban J connectivity index is 0. The number of hydrogen-bond acceptors (Lipinski definition) is 11. The molecule has 0 unspecified atom stereocenters. The van der Waals surface area contributed by atoms with Crippen LogP contribution in [0.5, 0.6) is 0 Å². The molecule has 22 heavy (non-hydrogen) atoms. The summed E-state index contributed by atoms with van der Waals surface area (Å²) in [7, 11) is -20.8. The molecule has 0 amide bonds. The van der Waals surface area contributed by atoms with Crippen LogP contribution in [-0.2, 0) is 52.8 Å². The zero-order valence-electron chi connectivity index (χ0n) is 10.6. The van der Waals surface area contributed by atoms with Gasteiger partial charge in [-0.15, -0.1) is 0 Å². The number of hydrogen-bond donors (Lipinski definition) is 1. The molecule has 12 nitrogen and oxygen atoms in total. The minimum atomic E-state index is -4.78. The first kappa shape index (κ1) is 24.6. The van der Waals surface area contributed by atoms with Crippen LogP contribution in [0.15, 0.2) is 0 Å². The molecule has 0 aliphatic carbocycles. The topological polar surface area (TPSA) is 184 Å². The van der Waals surface area contributed by atoms with Crippen molar-refractivity contribution in [2.45, 2.75) is 0 Å². The third-order valence-electron chi connectivity index (χ3n) is 1.32. The van der Waals surface area contributed by atoms with Gasteiger partial charge < -0.3 is 0 Å². The third kappa shape index (κ3) is 15.2. The Kier molecular flexibility index (Phi) is 9.39. The fourth-order valence-corrected chi connectivity index (χ4v) is 3.66. The van der Waals surface area contributed by atoms with E-state index in [4.69, 9.17) is 4.55 Å². The molecule has 0 atom stereocenters. The van der Waals surface area contributed by atoms with Crippen LogP contribution >= 0.6 is 0 Å². The van der Waals surface area contributed by atoms with Crippen molar-refractivity contribution in [1.82, 2.24) is 0 Å². The molecule has 18 heteroatoms. The van der Waals surface area contributed by atoms with Crippen LogP contribution in [0.2, 0.25) is 0 Å². The predicted octanol–water partition coefficient (Wildman–Crippen LogP) is -3.49. The third-order valence-corrected chi connectivity index (χ3v) is 4.47. The molecule has 0 saturated carbocycles. The molecule has 128 valence electrons. The molecule has 0 rings (SSSR count). The summed E-state index contributed by atoms with van der Waals surface area (Å²) in [4.78, 5) is 0. The van der Waals surface area contributed by atoms with Gasteiger partial charge >= 0.3 is 26.2 Å². The summed E-state index contributed by atoms with van der Waals surface area (Å²) in [5.74, 6) is -2.55. The van der Waals surface area contributed by atoms with Gasteiger partial charge in [-0.1, -0.05) is 0 Å². The Morgan fingerprint density at radius 3 is 1.41 bits per heavy atom. The first-order chi connectivity index (χ1) is 8.99. The second-order valence-electron chi connectivity index (χ2n) is 3.53. The average molecular weight is 398 g/mol. The van der Waals surface area contributed by atoms with Crippen molar-refractivity contribution in [3.63, 3.8) is 0 Å². The van der Waals surface area contributed by atoms with Crippen LogP contribution in [0.4, 0.5) is 0 Å². The van der Waals surface area contributed by atoms with Crippen LogP contribution in [0, 0.1) is 0 Å². The monoisotopic (exact) mass is 398 g/mol. The molecule has 0 aromatic heterocycles. The molecule has 0 aliphatic rings. The van der Waals surface area contributed by atoms with E-state index in [0.29, 0.717) is 12.5 Å². The second-order valence-corrected chi connectivity index (χ2v) is 10.0. The van der Waals surface area contributed by atoms with E-state index in [9.17, 15) is 33.7 Å². The van der Waals surface area contributed by atoms with E-state index in [2.05, 4.69) is 12.3 Å². The summed E-state index contributed by atoms with van der Waals surface area (Å²) in [6, 6.07) is 0. The van der Waals surface area contributed by atoms with Gasteiger partial charge in [0, 0.05) is 0 Å². The molecule has 0 aromatic rings. The van der Waals surface area contributed by atoms with E-state index >= 15 is 0 Å². The normalized spacial score (nSPS) is 13.4. The van der Waals surface area contributed by atoms with Crippen LogP contribution in [0.25, 0.3) is 0 Å². The molecule has 0 fully saturated rings. The summed E-state index contributed by atoms with van der Waals surface area (Å²) in [5.41, 5.74) is 0. The Morgan fingerprint density at radius 2 is 1.14 bits per heavy atom. The van der Waals surface area contributed by atoms with Gasteiger partial charge in [0.15, 0.2) is 0 Å². The van der Waals surface area contributed by atoms with E-state index in [0.717, 1.165) is 0 Å². The first-order valence-electron chi connectivity index (χ1n) is 4.62. The molecular formula is C4H12BLiO12S4. The zero-order chi connectivity index (χ0) is 17.1. The van der Waals surface area contributed by atoms with Gasteiger partial charge in [0.2, 0.25) is 0 Å². The van der Waals surface area contributed by atoms with Crippen LogP contribution in [0.1, 0.15) is 0 Å². The van der Waals surface area contributed by atoms with Crippen molar-refractivity contribution in [3.05, 3.63) is 0 Å². The van der Waals surface area contributed by atoms with Crippen molar-refractivity contribution >= 4 is 66.7 Å². The molecule has 1 N–H and O–H groups in total. The van der Waals surface area contributed by atoms with Gasteiger partial charge in [-0.3, -0.25) is 16.9 Å². The maximum atomic E-state index is 11.3. The Labute approximate surface area is 141 Å². The maximum absolute atomic E-state index is 11.3. The van der Waals surface area contributed by atoms with Crippen molar-refractivity contribution < 1.29 is 50.5 Å². The van der Waals surface area contributed by atoms with E-state index in [-0.39, 0.29) is 18.9 Å². The standard InChI is InChI=1S/C4H11BO12S4.Li.H/c1-18(6,7)15-5(16-19(2,8)9)17-21(13,14)4-3-20(10,11)12;;/h3-4H2,1-2H3,(H,10,11,12);;. The fourth-order valence-electron chi connectivity index (χ4n) is 0.709. The average Bonchev–Trinajstić information content (AvgIpc) is 2.06. The van der Waals surface area contributed by atoms with Gasteiger partial charge in [0.1, 0.15) is 0 Å². The summed E-state index contributed by atoms with van der Waals surface area (Å²) < 4.78 is 107. The predicted molar refractivity (Wildman–Crippen MR) is 76.0 cm³/mol. The number of rotatable bonds is 9. The van der Waals surface area contributed by atoms with Crippen molar-refractivity contribution in [2.75, 3.05) is 24.0 Å². The Morgan fingerprint density at radius 1 is 0.773 bits per heavy atom. The van der Waals surface area contributed by atoms with Gasteiger partial charge in [0.05, 0.1) is 24.0 Å². The van der Waals surface area contributed by atoms with Crippen molar-refractivity contribution in [2.24, 2.45) is 0 Å². The van der Waals surface area contributed by atoms with Crippen LogP contribution in [-0.4, -0.2) is 88.4 Å². The quantitative estimate of drug-likeness (QED) is 0.299. The van der Waals surface area contributed by atoms with E-state index in [1.54, 1.807) is 0 Å². The summed E-state index contributed by atoms with van der Waals surface area (Å²) in [5, 5.41) is 0. The fraction of sp³-hybridized carbons (Fsp3) is 1.00. The molecule has 0 spiro atoms. The van der Waals surface area contributed by atoms with Crippen LogP contribution in [0.3, 0.4) is 0 Å². The Bertz CT molecular complexity index is 729. The van der Waals surface area contributed by atoms with E-state index in [1.165, 1.54) is 0 Å². The zero-order valence-corrected chi connectivity index (χ0v) is 13.8. The molecule has 0 saturated heterocycles. The van der Waals surface area contributed by atoms with Crippen LogP contribution < -0.4 is 0 Å².